The van der Waals surface area contributed by atoms with E-state index in [9.17, 15) is 34.5 Å². The molecule has 0 aromatic heterocycles. The van der Waals surface area contributed by atoms with Gasteiger partial charge in [0.1, 0.15) is 18.8 Å². The van der Waals surface area contributed by atoms with Crippen molar-refractivity contribution in [3.05, 3.63) is 170 Å². The van der Waals surface area contributed by atoms with Crippen LogP contribution in [0.15, 0.2) is 170 Å². The molecule has 12 nitrogen and oxygen atoms in total. The van der Waals surface area contributed by atoms with E-state index in [2.05, 4.69) is 173 Å². The van der Waals surface area contributed by atoms with Crippen LogP contribution in [0.25, 0.3) is 0 Å². The molecule has 1 rings (SSSR count). The minimum Gasteiger partial charge on any atom is -0.479 e. The highest BCUT2D eigenvalue weighted by Gasteiger charge is 2.50. The summed E-state index contributed by atoms with van der Waals surface area (Å²) in [5, 5.41) is 31.5. The van der Waals surface area contributed by atoms with Crippen LogP contribution in [0.4, 0.5) is 0 Å². The van der Waals surface area contributed by atoms with Crippen molar-refractivity contribution in [2.45, 2.75) is 225 Å². The summed E-state index contributed by atoms with van der Waals surface area (Å²) in [6.07, 6.45) is 69.1. The van der Waals surface area contributed by atoms with Crippen LogP contribution in [0.5, 0.6) is 0 Å². The van der Waals surface area contributed by atoms with Gasteiger partial charge in [-0.15, -0.1) is 0 Å². The lowest BCUT2D eigenvalue weighted by atomic mass is 9.98. The number of carbonyl (C=O) groups is 4. The Kier molecular flexibility index (Phi) is 49.3. The third-order valence-electron chi connectivity index (χ3n) is 12.3. The summed E-state index contributed by atoms with van der Waals surface area (Å²) in [5.41, 5.74) is 0. The maximum atomic E-state index is 13.1. The monoisotopic (exact) mass is 1120 g/mol. The summed E-state index contributed by atoms with van der Waals surface area (Å²) in [6, 6.07) is 0. The van der Waals surface area contributed by atoms with E-state index in [0.29, 0.717) is 25.7 Å². The Morgan fingerprint density at radius 2 is 0.765 bits per heavy atom. The molecule has 3 N–H and O–H groups in total. The standard InChI is InChI=1S/C69H102O12/c1-4-7-10-13-16-19-22-25-27-29-31-33-35-38-40-43-46-49-52-55-61(70)77-58-60(79-62(71)56-53-50-47-44-41-37-24-21-18-15-12-9-6-3)59-78-69-67(65(74)64(73)66(81-69)68(75)76)80-63(72)57-54-51-48-45-42-39-36-34-32-30-28-26-23-20-17-14-11-8-5-2/h7-12,16-21,25-28,31-34,37-42,48,51,60,64-67,69,73-74H,4-6,13-15,22-24,29-30,35-36,43-47,49-50,52-59H2,1-3H3,(H,75,76)/b10-7-,11-8-,12-9-,19-16-,20-17-,21-18-,27-25-,28-26-,33-31-,34-32-,40-38-,41-37-,42-39-,51-48-. The molecule has 0 spiro atoms. The first-order valence-corrected chi connectivity index (χ1v) is 30.1. The topological polar surface area (TPSA) is 175 Å². The predicted octanol–water partition coefficient (Wildman–Crippen LogP) is 15.9. The number of carbonyl (C=O) groups excluding carboxylic acids is 3. The molecule has 450 valence electrons. The molecule has 0 aliphatic carbocycles. The van der Waals surface area contributed by atoms with E-state index >= 15 is 0 Å². The molecule has 0 radical (unpaired) electrons. The van der Waals surface area contributed by atoms with Gasteiger partial charge in [0, 0.05) is 19.3 Å². The average Bonchev–Trinajstić information content (AvgIpc) is 3.54. The molecule has 6 unspecified atom stereocenters. The zero-order valence-electron chi connectivity index (χ0n) is 49.4. The molecule has 1 fully saturated rings. The van der Waals surface area contributed by atoms with Gasteiger partial charge in [0.2, 0.25) is 0 Å². The Morgan fingerprint density at radius 1 is 0.407 bits per heavy atom. The third-order valence-corrected chi connectivity index (χ3v) is 12.3. The van der Waals surface area contributed by atoms with Crippen molar-refractivity contribution in [1.82, 2.24) is 0 Å². The fraction of sp³-hybridized carbons (Fsp3) is 0.536. The molecule has 1 heterocycles. The Balaban J connectivity index is 2.77. The van der Waals surface area contributed by atoms with Crippen LogP contribution in [0, 0.1) is 0 Å². The van der Waals surface area contributed by atoms with Crippen molar-refractivity contribution in [3.8, 4) is 0 Å². The van der Waals surface area contributed by atoms with Gasteiger partial charge in [-0.1, -0.05) is 204 Å². The first-order chi connectivity index (χ1) is 39.6. The van der Waals surface area contributed by atoms with Gasteiger partial charge in [0.15, 0.2) is 24.6 Å². The van der Waals surface area contributed by atoms with E-state index in [4.69, 9.17) is 23.7 Å². The molecule has 12 heteroatoms. The molecule has 0 amide bonds. The zero-order valence-corrected chi connectivity index (χ0v) is 49.4. The van der Waals surface area contributed by atoms with Gasteiger partial charge in [-0.25, -0.2) is 4.79 Å². The highest BCUT2D eigenvalue weighted by Crippen LogP contribution is 2.26. The number of aliphatic hydroxyl groups is 2. The number of carboxylic acid groups (broad SMARTS) is 1. The van der Waals surface area contributed by atoms with Crippen LogP contribution in [-0.4, -0.2) is 89.2 Å². The van der Waals surface area contributed by atoms with Crippen molar-refractivity contribution in [2.75, 3.05) is 13.2 Å². The number of esters is 3. The Morgan fingerprint density at radius 3 is 1.15 bits per heavy atom. The molecule has 0 aromatic rings. The molecule has 1 aliphatic rings. The van der Waals surface area contributed by atoms with E-state index in [1.807, 2.05) is 18.2 Å². The number of carboxylic acids is 1. The number of allylic oxidation sites excluding steroid dienone is 28. The predicted molar refractivity (Wildman–Crippen MR) is 330 cm³/mol. The first-order valence-electron chi connectivity index (χ1n) is 30.1. The van der Waals surface area contributed by atoms with E-state index in [1.54, 1.807) is 0 Å². The lowest BCUT2D eigenvalue weighted by Gasteiger charge is -2.40. The highest BCUT2D eigenvalue weighted by atomic mass is 16.7. The van der Waals surface area contributed by atoms with Crippen LogP contribution in [0.1, 0.15) is 188 Å². The quantitative estimate of drug-likeness (QED) is 0.0228. The van der Waals surface area contributed by atoms with Gasteiger partial charge in [0.25, 0.3) is 0 Å². The maximum Gasteiger partial charge on any atom is 0.335 e. The molecule has 0 aromatic carbocycles. The van der Waals surface area contributed by atoms with Gasteiger partial charge < -0.3 is 39.0 Å². The fourth-order valence-corrected chi connectivity index (χ4v) is 7.78. The summed E-state index contributed by atoms with van der Waals surface area (Å²) in [5.74, 6) is -3.35. The van der Waals surface area contributed by atoms with E-state index in [0.717, 1.165) is 122 Å². The van der Waals surface area contributed by atoms with Crippen molar-refractivity contribution in [1.29, 1.82) is 0 Å². The van der Waals surface area contributed by atoms with Gasteiger partial charge in [-0.2, -0.15) is 0 Å². The molecule has 1 saturated heterocycles. The van der Waals surface area contributed by atoms with E-state index < -0.39 is 67.3 Å². The molecule has 81 heavy (non-hydrogen) atoms. The SMILES string of the molecule is CC/C=C\C/C=C\C/C=C\C/C=C\C/C=C\C/C=C\CCC(=O)OC1C(OCC(COC(=O)CCCCC/C=C\C/C=C\C/C=C\C/C=C\C/C=C\CC)OC(=O)CCCCC/C=C\C/C=C\C/C=C\CC)OC(C(=O)O)C(O)C1O. The Labute approximate surface area is 487 Å². The summed E-state index contributed by atoms with van der Waals surface area (Å²) in [4.78, 5) is 51.2. The molecule has 0 saturated carbocycles. The highest BCUT2D eigenvalue weighted by molar-refractivity contribution is 5.74. The summed E-state index contributed by atoms with van der Waals surface area (Å²) in [6.45, 7) is 5.54. The summed E-state index contributed by atoms with van der Waals surface area (Å²) in [7, 11) is 0. The zero-order chi connectivity index (χ0) is 58.9. The normalized spacial score (nSPS) is 19.0. The second-order valence-corrected chi connectivity index (χ2v) is 19.5. The Hall–Kier alpha value is -5.92. The van der Waals surface area contributed by atoms with Crippen molar-refractivity contribution in [2.24, 2.45) is 0 Å². The van der Waals surface area contributed by atoms with E-state index in [1.165, 1.54) is 0 Å². The van der Waals surface area contributed by atoms with Crippen LogP contribution < -0.4 is 0 Å². The smallest absolute Gasteiger partial charge is 0.335 e. The lowest BCUT2D eigenvalue weighted by Crippen LogP contribution is -2.61. The molecule has 0 bridgehead atoms. The number of aliphatic hydroxyl groups excluding tert-OH is 2. The number of hydrogen-bond acceptors (Lipinski definition) is 11. The van der Waals surface area contributed by atoms with Crippen LogP contribution in [-0.2, 0) is 42.9 Å². The number of ether oxygens (including phenoxy) is 5. The second-order valence-electron chi connectivity index (χ2n) is 19.5. The molecular weight excluding hydrogens is 1020 g/mol. The lowest BCUT2D eigenvalue weighted by molar-refractivity contribution is -0.301. The number of unbranched alkanes of at least 4 members (excludes halogenated alkanes) is 6. The van der Waals surface area contributed by atoms with Gasteiger partial charge in [0.05, 0.1) is 6.61 Å². The minimum atomic E-state index is -1.95. The number of hydrogen-bond donors (Lipinski definition) is 3. The summed E-state index contributed by atoms with van der Waals surface area (Å²) < 4.78 is 28.3. The minimum absolute atomic E-state index is 0.0824. The van der Waals surface area contributed by atoms with Crippen LogP contribution >= 0.6 is 0 Å². The van der Waals surface area contributed by atoms with Crippen molar-refractivity contribution < 1.29 is 58.2 Å². The number of rotatable bonds is 48. The summed E-state index contributed by atoms with van der Waals surface area (Å²) >= 11 is 0. The van der Waals surface area contributed by atoms with Gasteiger partial charge in [-0.3, -0.25) is 14.4 Å². The Bertz CT molecular complexity index is 2060. The average molecular weight is 1120 g/mol. The van der Waals surface area contributed by atoms with Crippen molar-refractivity contribution in [3.63, 3.8) is 0 Å². The second kappa shape index (κ2) is 54.7. The molecule has 1 aliphatic heterocycles. The van der Waals surface area contributed by atoms with Crippen LogP contribution in [0.2, 0.25) is 0 Å². The van der Waals surface area contributed by atoms with Gasteiger partial charge in [-0.05, 0) is 135 Å². The fourth-order valence-electron chi connectivity index (χ4n) is 7.78. The first kappa shape index (κ1) is 73.1. The van der Waals surface area contributed by atoms with Crippen molar-refractivity contribution >= 4 is 23.9 Å². The molecule has 6 atom stereocenters. The maximum absolute atomic E-state index is 13.1. The third kappa shape index (κ3) is 44.4. The largest absolute Gasteiger partial charge is 0.479 e. The molecular formula is C69H102O12. The van der Waals surface area contributed by atoms with E-state index in [-0.39, 0.29) is 25.9 Å². The number of aliphatic carboxylic acids is 1. The van der Waals surface area contributed by atoms with Gasteiger partial charge >= 0.3 is 23.9 Å². The van der Waals surface area contributed by atoms with Crippen LogP contribution in [0.3, 0.4) is 0 Å².